The second kappa shape index (κ2) is 9.63. The SMILES string of the molecule is C#CCNC(=O)c1ccccc1Nc1ccc2c(/C=C/c3ccc(CC)cn3)n[nH]c2c1. The van der Waals surface area contributed by atoms with E-state index in [1.807, 2.05) is 60.8 Å². The van der Waals surface area contributed by atoms with Crippen LogP contribution in [0.15, 0.2) is 60.8 Å². The molecule has 0 atom stereocenters. The molecular weight excluding hydrogens is 398 g/mol. The van der Waals surface area contributed by atoms with Crippen LogP contribution in [0.3, 0.4) is 0 Å². The quantitative estimate of drug-likeness (QED) is 0.375. The maximum atomic E-state index is 12.4. The minimum atomic E-state index is -0.221. The first kappa shape index (κ1) is 20.9. The Labute approximate surface area is 186 Å². The molecule has 4 aromatic rings. The number of hydrogen-bond acceptors (Lipinski definition) is 4. The number of pyridine rings is 1. The van der Waals surface area contributed by atoms with Gasteiger partial charge in [0.2, 0.25) is 0 Å². The fourth-order valence-corrected chi connectivity index (χ4v) is 3.33. The lowest BCUT2D eigenvalue weighted by Gasteiger charge is -2.11. The summed E-state index contributed by atoms with van der Waals surface area (Å²) in [5.41, 5.74) is 5.88. The average molecular weight is 422 g/mol. The molecule has 4 rings (SSSR count). The van der Waals surface area contributed by atoms with Crippen molar-refractivity contribution in [2.24, 2.45) is 0 Å². The largest absolute Gasteiger partial charge is 0.355 e. The molecule has 158 valence electrons. The van der Waals surface area contributed by atoms with Gasteiger partial charge >= 0.3 is 0 Å². The molecule has 1 amide bonds. The number of aromatic nitrogens is 3. The fraction of sp³-hybridized carbons (Fsp3) is 0.115. The van der Waals surface area contributed by atoms with Crippen molar-refractivity contribution < 1.29 is 4.79 Å². The monoisotopic (exact) mass is 421 g/mol. The molecule has 2 heterocycles. The highest BCUT2D eigenvalue weighted by Gasteiger charge is 2.11. The van der Waals surface area contributed by atoms with Crippen LogP contribution in [0.4, 0.5) is 11.4 Å². The predicted molar refractivity (Wildman–Crippen MR) is 130 cm³/mol. The third kappa shape index (κ3) is 4.68. The molecule has 6 nitrogen and oxygen atoms in total. The van der Waals surface area contributed by atoms with Gasteiger partial charge in [-0.1, -0.05) is 31.0 Å². The molecule has 2 aromatic heterocycles. The number of hydrogen-bond donors (Lipinski definition) is 3. The van der Waals surface area contributed by atoms with Gasteiger partial charge < -0.3 is 10.6 Å². The van der Waals surface area contributed by atoms with Crippen molar-refractivity contribution in [1.82, 2.24) is 20.5 Å². The van der Waals surface area contributed by atoms with Gasteiger partial charge in [0.25, 0.3) is 5.91 Å². The van der Waals surface area contributed by atoms with E-state index in [-0.39, 0.29) is 12.5 Å². The number of para-hydroxylation sites is 1. The zero-order valence-electron chi connectivity index (χ0n) is 17.7. The van der Waals surface area contributed by atoms with Gasteiger partial charge in [-0.25, -0.2) is 0 Å². The summed E-state index contributed by atoms with van der Waals surface area (Å²) < 4.78 is 0. The van der Waals surface area contributed by atoms with Crippen molar-refractivity contribution in [3.8, 4) is 12.3 Å². The Kier molecular flexibility index (Phi) is 6.28. The normalized spacial score (nSPS) is 10.9. The molecule has 0 bridgehead atoms. The van der Waals surface area contributed by atoms with Gasteiger partial charge in [0.05, 0.1) is 34.7 Å². The molecule has 0 aliphatic carbocycles. The zero-order valence-corrected chi connectivity index (χ0v) is 17.7. The lowest BCUT2D eigenvalue weighted by molar-refractivity contribution is 0.0959. The van der Waals surface area contributed by atoms with Crippen molar-refractivity contribution in [1.29, 1.82) is 0 Å². The number of fused-ring (bicyclic) bond motifs is 1. The number of terminal acetylenes is 1. The summed E-state index contributed by atoms with van der Waals surface area (Å²) >= 11 is 0. The third-order valence-corrected chi connectivity index (χ3v) is 5.06. The smallest absolute Gasteiger partial charge is 0.254 e. The van der Waals surface area contributed by atoms with Crippen LogP contribution >= 0.6 is 0 Å². The molecule has 0 saturated carbocycles. The molecule has 0 saturated heterocycles. The van der Waals surface area contributed by atoms with E-state index in [1.165, 1.54) is 5.56 Å². The summed E-state index contributed by atoms with van der Waals surface area (Å²) in [5.74, 6) is 2.19. The van der Waals surface area contributed by atoms with E-state index in [1.54, 1.807) is 6.07 Å². The topological polar surface area (TPSA) is 82.7 Å². The predicted octanol–water partition coefficient (Wildman–Crippen LogP) is 4.80. The molecule has 0 aliphatic heterocycles. The van der Waals surface area contributed by atoms with E-state index in [9.17, 15) is 4.79 Å². The number of aryl methyl sites for hydroxylation is 1. The van der Waals surface area contributed by atoms with Crippen LogP contribution in [-0.2, 0) is 6.42 Å². The highest BCUT2D eigenvalue weighted by molar-refractivity contribution is 6.00. The second-order valence-electron chi connectivity index (χ2n) is 7.20. The minimum Gasteiger partial charge on any atom is -0.355 e. The molecule has 0 unspecified atom stereocenters. The maximum Gasteiger partial charge on any atom is 0.254 e. The first-order valence-corrected chi connectivity index (χ1v) is 10.4. The van der Waals surface area contributed by atoms with E-state index in [2.05, 4.69) is 44.7 Å². The first-order chi connectivity index (χ1) is 15.7. The van der Waals surface area contributed by atoms with Crippen molar-refractivity contribution >= 4 is 40.3 Å². The van der Waals surface area contributed by atoms with E-state index in [0.29, 0.717) is 11.3 Å². The molecule has 3 N–H and O–H groups in total. The molecular formula is C26H23N5O. The number of carbonyl (C=O) groups excluding carboxylic acids is 1. The number of aromatic amines is 1. The Balaban J connectivity index is 1.54. The van der Waals surface area contributed by atoms with E-state index in [4.69, 9.17) is 6.42 Å². The van der Waals surface area contributed by atoms with Crippen LogP contribution in [0.2, 0.25) is 0 Å². The van der Waals surface area contributed by atoms with Crippen molar-refractivity contribution in [3.63, 3.8) is 0 Å². The second-order valence-corrected chi connectivity index (χ2v) is 7.20. The van der Waals surface area contributed by atoms with Gasteiger partial charge in [-0.2, -0.15) is 5.10 Å². The molecule has 0 aliphatic rings. The summed E-state index contributed by atoms with van der Waals surface area (Å²) in [4.78, 5) is 16.8. The van der Waals surface area contributed by atoms with Crippen LogP contribution in [0.5, 0.6) is 0 Å². The minimum absolute atomic E-state index is 0.182. The number of nitrogens with zero attached hydrogens (tertiary/aromatic N) is 2. The highest BCUT2D eigenvalue weighted by Crippen LogP contribution is 2.26. The summed E-state index contributed by atoms with van der Waals surface area (Å²) in [7, 11) is 0. The van der Waals surface area contributed by atoms with Crippen LogP contribution in [-0.4, -0.2) is 27.6 Å². The number of anilines is 2. The van der Waals surface area contributed by atoms with Gasteiger partial charge in [-0.15, -0.1) is 6.42 Å². The molecule has 2 aromatic carbocycles. The third-order valence-electron chi connectivity index (χ3n) is 5.06. The Morgan fingerprint density at radius 1 is 1.16 bits per heavy atom. The standard InChI is InChI=1S/C26H23N5O/c1-3-15-27-26(32)22-7-5-6-8-23(22)29-20-11-13-21-24(30-31-25(21)16-20)14-12-19-10-9-18(4-2)17-28-19/h1,5-14,16-17,29H,4,15H2,2H3,(H,27,32)(H,30,31)/b14-12+. The van der Waals surface area contributed by atoms with E-state index < -0.39 is 0 Å². The van der Waals surface area contributed by atoms with Crippen molar-refractivity contribution in [3.05, 3.63) is 83.3 Å². The molecule has 0 spiro atoms. The number of benzene rings is 2. The summed E-state index contributed by atoms with van der Waals surface area (Å²) in [6, 6.07) is 17.3. The highest BCUT2D eigenvalue weighted by atomic mass is 16.1. The Morgan fingerprint density at radius 3 is 2.81 bits per heavy atom. The van der Waals surface area contributed by atoms with Gasteiger partial charge in [-0.3, -0.25) is 14.9 Å². The van der Waals surface area contributed by atoms with Crippen molar-refractivity contribution in [2.45, 2.75) is 13.3 Å². The van der Waals surface area contributed by atoms with Crippen molar-refractivity contribution in [2.75, 3.05) is 11.9 Å². The average Bonchev–Trinajstić information content (AvgIpc) is 3.24. The number of rotatable bonds is 7. The van der Waals surface area contributed by atoms with Gasteiger partial charge in [0.1, 0.15) is 0 Å². The summed E-state index contributed by atoms with van der Waals surface area (Å²) in [5, 5.41) is 14.5. The number of carbonyl (C=O) groups is 1. The van der Waals surface area contributed by atoms with Crippen LogP contribution in [0.25, 0.3) is 23.1 Å². The maximum absolute atomic E-state index is 12.4. The lowest BCUT2D eigenvalue weighted by atomic mass is 10.1. The first-order valence-electron chi connectivity index (χ1n) is 10.4. The molecule has 0 radical (unpaired) electrons. The van der Waals surface area contributed by atoms with Gasteiger partial charge in [0.15, 0.2) is 0 Å². The van der Waals surface area contributed by atoms with Gasteiger partial charge in [-0.05, 0) is 60.5 Å². The van der Waals surface area contributed by atoms with E-state index >= 15 is 0 Å². The Bertz CT molecular complexity index is 1310. The fourth-order valence-electron chi connectivity index (χ4n) is 3.33. The van der Waals surface area contributed by atoms with Crippen LogP contribution in [0, 0.1) is 12.3 Å². The van der Waals surface area contributed by atoms with Crippen LogP contribution in [0.1, 0.15) is 34.2 Å². The Hall–Kier alpha value is -4.37. The Morgan fingerprint density at radius 2 is 2.03 bits per heavy atom. The number of H-pyrrole nitrogens is 1. The molecule has 32 heavy (non-hydrogen) atoms. The lowest BCUT2D eigenvalue weighted by Crippen LogP contribution is -2.24. The molecule has 6 heteroatoms. The summed E-state index contributed by atoms with van der Waals surface area (Å²) in [6.07, 6.45) is 12.0. The number of amides is 1. The zero-order chi connectivity index (χ0) is 22.3. The number of nitrogens with one attached hydrogen (secondary N) is 3. The van der Waals surface area contributed by atoms with Gasteiger partial charge in [0, 0.05) is 17.3 Å². The van der Waals surface area contributed by atoms with Crippen LogP contribution < -0.4 is 10.6 Å². The van der Waals surface area contributed by atoms with E-state index in [0.717, 1.165) is 34.4 Å². The summed E-state index contributed by atoms with van der Waals surface area (Å²) in [6.45, 7) is 2.29. The molecule has 0 fully saturated rings.